The quantitative estimate of drug-likeness (QED) is 0.877. The van der Waals surface area contributed by atoms with Crippen molar-refractivity contribution in [3.05, 3.63) is 35.9 Å². The van der Waals surface area contributed by atoms with Crippen LogP contribution in [0.15, 0.2) is 30.3 Å². The summed E-state index contributed by atoms with van der Waals surface area (Å²) in [6, 6.07) is 10.9. The van der Waals surface area contributed by atoms with E-state index in [2.05, 4.69) is 40.5 Å². The zero-order valence-corrected chi connectivity index (χ0v) is 11.9. The van der Waals surface area contributed by atoms with E-state index in [1.807, 2.05) is 0 Å². The van der Waals surface area contributed by atoms with Crippen LogP contribution in [0.3, 0.4) is 0 Å². The van der Waals surface area contributed by atoms with Crippen LogP contribution < -0.4 is 5.32 Å². The number of nitrogens with one attached hydrogen (secondary N) is 1. The second kappa shape index (κ2) is 6.06. The van der Waals surface area contributed by atoms with Gasteiger partial charge in [-0.25, -0.2) is 0 Å². The minimum absolute atomic E-state index is 0.615. The smallest absolute Gasteiger partial charge is 0.0233 e. The van der Waals surface area contributed by atoms with E-state index in [1.54, 1.807) is 0 Å². The lowest BCUT2D eigenvalue weighted by Crippen LogP contribution is -2.44. The first-order chi connectivity index (χ1) is 9.36. The van der Waals surface area contributed by atoms with Crippen LogP contribution in [0.4, 0.5) is 0 Å². The van der Waals surface area contributed by atoms with Crippen LogP contribution in [0.25, 0.3) is 0 Å². The molecule has 2 fully saturated rings. The molecule has 0 aromatic heterocycles. The van der Waals surface area contributed by atoms with Crippen molar-refractivity contribution < 1.29 is 0 Å². The van der Waals surface area contributed by atoms with Gasteiger partial charge in [-0.05, 0) is 56.3 Å². The fraction of sp³-hybridized carbons (Fsp3) is 0.647. The molecule has 2 saturated heterocycles. The second-order valence-electron chi connectivity index (χ2n) is 6.40. The number of hydrogen-bond acceptors (Lipinski definition) is 2. The highest BCUT2D eigenvalue weighted by Crippen LogP contribution is 2.37. The summed E-state index contributed by atoms with van der Waals surface area (Å²) in [7, 11) is 0. The van der Waals surface area contributed by atoms with Gasteiger partial charge in [0.25, 0.3) is 0 Å². The average molecular weight is 258 g/mol. The summed E-state index contributed by atoms with van der Waals surface area (Å²) < 4.78 is 0. The predicted octanol–water partition coefficient (Wildman–Crippen LogP) is 3.04. The van der Waals surface area contributed by atoms with Crippen LogP contribution in [0, 0.1) is 5.41 Å². The summed E-state index contributed by atoms with van der Waals surface area (Å²) in [5.41, 5.74) is 2.07. The minimum atomic E-state index is 0.615. The first-order valence-corrected chi connectivity index (χ1v) is 7.83. The van der Waals surface area contributed by atoms with Crippen molar-refractivity contribution in [1.29, 1.82) is 0 Å². The number of piperidine rings is 1. The monoisotopic (exact) mass is 258 g/mol. The molecule has 1 spiro atoms. The molecule has 0 radical (unpaired) electrons. The number of nitrogens with zero attached hydrogens (tertiary/aromatic N) is 1. The van der Waals surface area contributed by atoms with Gasteiger partial charge in [-0.1, -0.05) is 36.8 Å². The van der Waals surface area contributed by atoms with Gasteiger partial charge in [-0.3, -0.25) is 4.90 Å². The van der Waals surface area contributed by atoms with Gasteiger partial charge in [0.15, 0.2) is 0 Å². The largest absolute Gasteiger partial charge is 0.316 e. The molecule has 0 atom stereocenters. The molecule has 2 nitrogen and oxygen atoms in total. The number of rotatable bonds is 2. The van der Waals surface area contributed by atoms with Crippen LogP contribution in [-0.2, 0) is 6.54 Å². The molecular formula is C17H26N2. The van der Waals surface area contributed by atoms with Crippen molar-refractivity contribution in [1.82, 2.24) is 10.2 Å². The Hall–Kier alpha value is -0.860. The van der Waals surface area contributed by atoms with E-state index < -0.39 is 0 Å². The summed E-state index contributed by atoms with van der Waals surface area (Å²) in [4.78, 5) is 2.63. The second-order valence-corrected chi connectivity index (χ2v) is 6.40. The Labute approximate surface area is 117 Å². The van der Waals surface area contributed by atoms with Crippen molar-refractivity contribution in [3.63, 3.8) is 0 Å². The SMILES string of the molecule is c1ccc(CN2CCC3(CCCCNC3)CC2)cc1. The van der Waals surface area contributed by atoms with Crippen LogP contribution in [-0.4, -0.2) is 31.1 Å². The van der Waals surface area contributed by atoms with E-state index in [1.165, 1.54) is 63.8 Å². The van der Waals surface area contributed by atoms with E-state index in [-0.39, 0.29) is 0 Å². The van der Waals surface area contributed by atoms with Crippen molar-refractivity contribution in [2.24, 2.45) is 5.41 Å². The third kappa shape index (κ3) is 3.37. The first kappa shape index (κ1) is 13.1. The fourth-order valence-electron chi connectivity index (χ4n) is 3.65. The molecule has 1 N–H and O–H groups in total. The van der Waals surface area contributed by atoms with Crippen LogP contribution in [0.1, 0.15) is 37.7 Å². The van der Waals surface area contributed by atoms with Crippen molar-refractivity contribution in [3.8, 4) is 0 Å². The molecule has 3 rings (SSSR count). The van der Waals surface area contributed by atoms with Crippen LogP contribution >= 0.6 is 0 Å². The zero-order chi connectivity index (χ0) is 13.0. The van der Waals surface area contributed by atoms with E-state index in [4.69, 9.17) is 0 Å². The predicted molar refractivity (Wildman–Crippen MR) is 80.1 cm³/mol. The zero-order valence-electron chi connectivity index (χ0n) is 11.9. The molecule has 0 amide bonds. The van der Waals surface area contributed by atoms with Gasteiger partial charge < -0.3 is 5.32 Å². The highest BCUT2D eigenvalue weighted by molar-refractivity contribution is 5.14. The normalized spacial score (nSPS) is 24.2. The molecule has 1 aromatic rings. The Balaban J connectivity index is 1.54. The fourth-order valence-corrected chi connectivity index (χ4v) is 3.65. The summed E-state index contributed by atoms with van der Waals surface area (Å²) in [6.07, 6.45) is 7.00. The Kier molecular flexibility index (Phi) is 4.19. The maximum atomic E-state index is 3.65. The Morgan fingerprint density at radius 2 is 1.79 bits per heavy atom. The van der Waals surface area contributed by atoms with E-state index in [0.717, 1.165) is 6.54 Å². The van der Waals surface area contributed by atoms with Gasteiger partial charge in [-0.15, -0.1) is 0 Å². The van der Waals surface area contributed by atoms with Crippen molar-refractivity contribution in [2.45, 2.75) is 38.6 Å². The molecule has 2 heteroatoms. The number of hydrogen-bond donors (Lipinski definition) is 1. The van der Waals surface area contributed by atoms with Crippen molar-refractivity contribution >= 4 is 0 Å². The summed E-state index contributed by atoms with van der Waals surface area (Å²) in [5, 5.41) is 3.65. The lowest BCUT2D eigenvalue weighted by molar-refractivity contribution is 0.0935. The third-order valence-corrected chi connectivity index (χ3v) is 4.98. The highest BCUT2D eigenvalue weighted by atomic mass is 15.1. The van der Waals surface area contributed by atoms with E-state index >= 15 is 0 Å². The summed E-state index contributed by atoms with van der Waals surface area (Å²) >= 11 is 0. The molecule has 2 aliphatic rings. The molecule has 0 bridgehead atoms. The lowest BCUT2D eigenvalue weighted by Gasteiger charge is -2.41. The minimum Gasteiger partial charge on any atom is -0.316 e. The Bertz CT molecular complexity index is 370. The standard InChI is InChI=1S/C17H26N2/c1-2-6-16(7-3-1)14-19-12-9-17(10-13-19)8-4-5-11-18-15-17/h1-3,6-7,18H,4-5,8-15H2. The number of likely N-dealkylation sites (tertiary alicyclic amines) is 1. The molecule has 0 unspecified atom stereocenters. The van der Waals surface area contributed by atoms with Gasteiger partial charge in [0.1, 0.15) is 0 Å². The highest BCUT2D eigenvalue weighted by Gasteiger charge is 2.34. The van der Waals surface area contributed by atoms with E-state index in [9.17, 15) is 0 Å². The number of benzene rings is 1. The molecular weight excluding hydrogens is 232 g/mol. The van der Waals surface area contributed by atoms with Gasteiger partial charge in [-0.2, -0.15) is 0 Å². The molecule has 19 heavy (non-hydrogen) atoms. The Morgan fingerprint density at radius 3 is 2.58 bits per heavy atom. The topological polar surface area (TPSA) is 15.3 Å². The van der Waals surface area contributed by atoms with Gasteiger partial charge in [0.05, 0.1) is 0 Å². The maximum absolute atomic E-state index is 3.65. The summed E-state index contributed by atoms with van der Waals surface area (Å²) in [6.45, 7) is 6.17. The van der Waals surface area contributed by atoms with Gasteiger partial charge in [0.2, 0.25) is 0 Å². The maximum Gasteiger partial charge on any atom is 0.0233 e. The molecule has 0 saturated carbocycles. The van der Waals surface area contributed by atoms with Gasteiger partial charge in [0, 0.05) is 13.1 Å². The average Bonchev–Trinajstić information content (AvgIpc) is 2.69. The van der Waals surface area contributed by atoms with Crippen LogP contribution in [0.2, 0.25) is 0 Å². The lowest BCUT2D eigenvalue weighted by atomic mass is 9.75. The molecule has 104 valence electrons. The molecule has 1 aromatic carbocycles. The van der Waals surface area contributed by atoms with Gasteiger partial charge >= 0.3 is 0 Å². The van der Waals surface area contributed by atoms with Crippen LogP contribution in [0.5, 0.6) is 0 Å². The molecule has 0 aliphatic carbocycles. The van der Waals surface area contributed by atoms with E-state index in [0.29, 0.717) is 5.41 Å². The molecule has 2 aliphatic heterocycles. The Morgan fingerprint density at radius 1 is 1.00 bits per heavy atom. The first-order valence-electron chi connectivity index (χ1n) is 7.83. The molecule has 2 heterocycles. The summed E-state index contributed by atoms with van der Waals surface area (Å²) in [5.74, 6) is 0. The third-order valence-electron chi connectivity index (χ3n) is 4.98. The van der Waals surface area contributed by atoms with Crippen molar-refractivity contribution in [2.75, 3.05) is 26.2 Å².